The number of aromatic hydroxyl groups is 1. The van der Waals surface area contributed by atoms with Crippen molar-refractivity contribution in [1.29, 1.82) is 0 Å². The van der Waals surface area contributed by atoms with Gasteiger partial charge in [-0.05, 0) is 24.1 Å². The maximum absolute atomic E-state index is 9.23. The lowest BCUT2D eigenvalue weighted by Crippen LogP contribution is -1.78. The average molecular weight is 248 g/mol. The van der Waals surface area contributed by atoms with Crippen molar-refractivity contribution >= 4 is 22.6 Å². The number of benzene rings is 1. The molecule has 0 amide bonds. The highest BCUT2D eigenvalue weighted by atomic mass is 127. The number of halogens is 1. The first kappa shape index (κ1) is 7.85. The van der Waals surface area contributed by atoms with Crippen molar-refractivity contribution in [3.05, 3.63) is 29.3 Å². The highest BCUT2D eigenvalue weighted by Gasteiger charge is 1.95. The van der Waals surface area contributed by atoms with Crippen LogP contribution >= 0.6 is 22.6 Å². The van der Waals surface area contributed by atoms with Crippen molar-refractivity contribution in [2.45, 2.75) is 11.4 Å². The summed E-state index contributed by atoms with van der Waals surface area (Å²) in [5, 5.41) is 9.23. The van der Waals surface area contributed by atoms with Crippen molar-refractivity contribution in [3.63, 3.8) is 0 Å². The molecule has 0 spiro atoms. The van der Waals surface area contributed by atoms with Crippen LogP contribution in [0.25, 0.3) is 0 Å². The molecule has 0 atom stereocenters. The molecule has 0 heterocycles. The van der Waals surface area contributed by atoms with Gasteiger partial charge in [0.25, 0.3) is 0 Å². The lowest BCUT2D eigenvalue weighted by molar-refractivity contribution is 0.470. The molecule has 0 aromatic heterocycles. The Labute approximate surface area is 74.2 Å². The lowest BCUT2D eigenvalue weighted by atomic mass is 10.1. The Kier molecular flexibility index (Phi) is 2.54. The predicted molar refractivity (Wildman–Crippen MR) is 50.6 cm³/mol. The minimum Gasteiger partial charge on any atom is -0.508 e. The number of phenolic OH excluding ortho intramolecular Hbond substituents is 1. The van der Waals surface area contributed by atoms with Gasteiger partial charge < -0.3 is 5.11 Å². The van der Waals surface area contributed by atoms with Crippen LogP contribution in [0, 0.1) is 6.92 Å². The summed E-state index contributed by atoms with van der Waals surface area (Å²) in [6.07, 6.45) is 0. The zero-order valence-corrected chi connectivity index (χ0v) is 7.92. The van der Waals surface area contributed by atoms with Gasteiger partial charge in [-0.3, -0.25) is 0 Å². The summed E-state index contributed by atoms with van der Waals surface area (Å²) in [6, 6.07) is 5.77. The smallest absolute Gasteiger partial charge is 0.118 e. The molecule has 1 aromatic rings. The van der Waals surface area contributed by atoms with Crippen LogP contribution in [0.4, 0.5) is 0 Å². The first-order valence-corrected chi connectivity index (χ1v) is 4.61. The fourth-order valence-electron chi connectivity index (χ4n) is 0.738. The zero-order valence-electron chi connectivity index (χ0n) is 5.76. The van der Waals surface area contributed by atoms with Crippen LogP contribution in [0.2, 0.25) is 0 Å². The number of aryl methyl sites for hydroxylation is 1. The lowest BCUT2D eigenvalue weighted by Gasteiger charge is -1.99. The van der Waals surface area contributed by atoms with E-state index in [9.17, 15) is 5.11 Å². The molecule has 0 saturated heterocycles. The predicted octanol–water partition coefficient (Wildman–Crippen LogP) is 2.64. The van der Waals surface area contributed by atoms with Crippen molar-refractivity contribution in [3.8, 4) is 5.75 Å². The number of hydrogen-bond donors (Lipinski definition) is 1. The fraction of sp³-hybridized carbons (Fsp3) is 0.250. The van der Waals surface area contributed by atoms with E-state index in [1.807, 2.05) is 25.1 Å². The van der Waals surface area contributed by atoms with Gasteiger partial charge in [0.15, 0.2) is 0 Å². The molecule has 1 aromatic carbocycles. The largest absolute Gasteiger partial charge is 0.508 e. The average Bonchev–Trinajstić information content (AvgIpc) is 1.95. The van der Waals surface area contributed by atoms with Gasteiger partial charge in [-0.1, -0.05) is 34.7 Å². The van der Waals surface area contributed by atoms with E-state index >= 15 is 0 Å². The Morgan fingerprint density at radius 3 is 2.70 bits per heavy atom. The third kappa shape index (κ3) is 1.62. The topological polar surface area (TPSA) is 20.2 Å². The van der Waals surface area contributed by atoms with Gasteiger partial charge in [-0.25, -0.2) is 0 Å². The SMILES string of the molecule is Cc1ccc(CI)cc1O. The van der Waals surface area contributed by atoms with E-state index in [1.54, 1.807) is 0 Å². The standard InChI is InChI=1S/C8H9IO/c1-6-2-3-7(5-9)4-8(6)10/h2-4,10H,5H2,1H3. The zero-order chi connectivity index (χ0) is 7.56. The highest BCUT2D eigenvalue weighted by molar-refractivity contribution is 14.1. The summed E-state index contributed by atoms with van der Waals surface area (Å²) in [7, 11) is 0. The summed E-state index contributed by atoms with van der Waals surface area (Å²) in [5.41, 5.74) is 2.11. The minimum atomic E-state index is 0.397. The van der Waals surface area contributed by atoms with Gasteiger partial charge in [0, 0.05) is 4.43 Å². The maximum Gasteiger partial charge on any atom is 0.118 e. The first-order chi connectivity index (χ1) is 4.74. The van der Waals surface area contributed by atoms with Crippen molar-refractivity contribution < 1.29 is 5.11 Å². The normalized spacial score (nSPS) is 9.80. The Balaban J connectivity index is 3.04. The third-order valence-electron chi connectivity index (χ3n) is 1.43. The Morgan fingerprint density at radius 2 is 2.20 bits per heavy atom. The van der Waals surface area contributed by atoms with Gasteiger partial charge in [0.1, 0.15) is 5.75 Å². The van der Waals surface area contributed by atoms with E-state index in [0.29, 0.717) is 5.75 Å². The second-order valence-electron chi connectivity index (χ2n) is 2.25. The molecule has 0 aliphatic carbocycles. The fourth-order valence-corrected chi connectivity index (χ4v) is 1.21. The quantitative estimate of drug-likeness (QED) is 0.598. The molecule has 0 aliphatic rings. The van der Waals surface area contributed by atoms with Gasteiger partial charge in [-0.15, -0.1) is 0 Å². The number of alkyl halides is 1. The van der Waals surface area contributed by atoms with Gasteiger partial charge in [0.2, 0.25) is 0 Å². The molecule has 0 aliphatic heterocycles. The van der Waals surface area contributed by atoms with Crippen LogP contribution in [-0.2, 0) is 4.43 Å². The first-order valence-electron chi connectivity index (χ1n) is 3.08. The van der Waals surface area contributed by atoms with Crippen molar-refractivity contribution in [2.75, 3.05) is 0 Å². The second kappa shape index (κ2) is 3.23. The van der Waals surface area contributed by atoms with E-state index in [-0.39, 0.29) is 0 Å². The molecule has 1 nitrogen and oxygen atoms in total. The van der Waals surface area contributed by atoms with E-state index in [0.717, 1.165) is 9.99 Å². The molecule has 1 rings (SSSR count). The van der Waals surface area contributed by atoms with Crippen LogP contribution in [0.3, 0.4) is 0 Å². The molecule has 0 fully saturated rings. The number of hydrogen-bond acceptors (Lipinski definition) is 1. The van der Waals surface area contributed by atoms with E-state index < -0.39 is 0 Å². The van der Waals surface area contributed by atoms with Crippen LogP contribution in [0.1, 0.15) is 11.1 Å². The Bertz CT molecular complexity index is 233. The van der Waals surface area contributed by atoms with Gasteiger partial charge in [0.05, 0.1) is 0 Å². The number of phenols is 1. The molecule has 1 N–H and O–H groups in total. The molecular weight excluding hydrogens is 239 g/mol. The third-order valence-corrected chi connectivity index (χ3v) is 2.31. The summed E-state index contributed by atoms with van der Waals surface area (Å²) in [5.74, 6) is 0.397. The van der Waals surface area contributed by atoms with Gasteiger partial charge in [-0.2, -0.15) is 0 Å². The van der Waals surface area contributed by atoms with Crippen LogP contribution < -0.4 is 0 Å². The van der Waals surface area contributed by atoms with Crippen molar-refractivity contribution in [2.24, 2.45) is 0 Å². The van der Waals surface area contributed by atoms with E-state index in [4.69, 9.17) is 0 Å². The molecule has 0 saturated carbocycles. The molecule has 2 heteroatoms. The maximum atomic E-state index is 9.23. The Morgan fingerprint density at radius 1 is 1.50 bits per heavy atom. The Hall–Kier alpha value is -0.250. The molecule has 0 unspecified atom stereocenters. The van der Waals surface area contributed by atoms with E-state index in [2.05, 4.69) is 22.6 Å². The minimum absolute atomic E-state index is 0.397. The summed E-state index contributed by atoms with van der Waals surface area (Å²) in [6.45, 7) is 1.90. The second-order valence-corrected chi connectivity index (χ2v) is 3.02. The van der Waals surface area contributed by atoms with Crippen LogP contribution in [0.5, 0.6) is 5.75 Å². The molecule has 0 bridgehead atoms. The molecular formula is C8H9IO. The van der Waals surface area contributed by atoms with E-state index in [1.165, 1.54) is 5.56 Å². The number of rotatable bonds is 1. The molecule has 54 valence electrons. The highest BCUT2D eigenvalue weighted by Crippen LogP contribution is 2.18. The van der Waals surface area contributed by atoms with Crippen molar-refractivity contribution in [1.82, 2.24) is 0 Å². The summed E-state index contributed by atoms with van der Waals surface area (Å²) < 4.78 is 0.950. The van der Waals surface area contributed by atoms with Crippen LogP contribution in [0.15, 0.2) is 18.2 Å². The monoisotopic (exact) mass is 248 g/mol. The van der Waals surface area contributed by atoms with Gasteiger partial charge >= 0.3 is 0 Å². The summed E-state index contributed by atoms with van der Waals surface area (Å²) >= 11 is 2.27. The van der Waals surface area contributed by atoms with Crippen LogP contribution in [-0.4, -0.2) is 5.11 Å². The molecule has 10 heavy (non-hydrogen) atoms. The molecule has 0 radical (unpaired) electrons. The summed E-state index contributed by atoms with van der Waals surface area (Å²) in [4.78, 5) is 0.